The van der Waals surface area contributed by atoms with Crippen LogP contribution in [0.4, 0.5) is 5.95 Å². The van der Waals surface area contributed by atoms with Gasteiger partial charge in [-0.25, -0.2) is 15.0 Å². The normalized spacial score (nSPS) is 19.3. The van der Waals surface area contributed by atoms with E-state index in [0.717, 1.165) is 43.5 Å². The summed E-state index contributed by atoms with van der Waals surface area (Å²) in [5.41, 5.74) is 1.38. The van der Waals surface area contributed by atoms with Gasteiger partial charge in [0, 0.05) is 45.8 Å². The largest absolute Gasteiger partial charge is 0.355 e. The van der Waals surface area contributed by atoms with Gasteiger partial charge in [0.1, 0.15) is 0 Å². The zero-order valence-corrected chi connectivity index (χ0v) is 15.2. The van der Waals surface area contributed by atoms with Crippen molar-refractivity contribution in [3.05, 3.63) is 36.2 Å². The third-order valence-electron chi connectivity index (χ3n) is 4.84. The average molecular weight is 342 g/mol. The molecular weight excluding hydrogens is 316 g/mol. The monoisotopic (exact) mass is 342 g/mol. The molecular formula is C18H26N6O. The van der Waals surface area contributed by atoms with Crippen molar-refractivity contribution in [1.29, 1.82) is 0 Å². The Bertz CT molecular complexity index is 727. The minimum Gasteiger partial charge on any atom is -0.355 e. The molecule has 0 spiro atoms. The summed E-state index contributed by atoms with van der Waals surface area (Å²) in [7, 11) is 3.83. The standard InChI is InChI=1S/C18H26N6O/c1-18(16(25)20-8-5-10-24-11-9-19-13-24)7-4-6-14-12-21-17(23(2)3)22-15(14)18/h9,11-13H,4-8,10H2,1-3H3,(H,20,25). The number of nitrogens with zero attached hydrogens (tertiary/aromatic N) is 5. The zero-order valence-electron chi connectivity index (χ0n) is 15.2. The van der Waals surface area contributed by atoms with E-state index in [4.69, 9.17) is 4.98 Å². The number of carbonyl (C=O) groups is 1. The van der Waals surface area contributed by atoms with Crippen LogP contribution in [-0.2, 0) is 23.2 Å². The van der Waals surface area contributed by atoms with Crippen molar-refractivity contribution >= 4 is 11.9 Å². The number of anilines is 1. The van der Waals surface area contributed by atoms with E-state index < -0.39 is 5.41 Å². The van der Waals surface area contributed by atoms with E-state index >= 15 is 0 Å². The van der Waals surface area contributed by atoms with E-state index in [1.165, 1.54) is 0 Å². The summed E-state index contributed by atoms with van der Waals surface area (Å²) in [6.45, 7) is 3.50. The molecule has 1 aliphatic carbocycles. The van der Waals surface area contributed by atoms with Crippen molar-refractivity contribution in [2.24, 2.45) is 0 Å². The molecule has 1 unspecified atom stereocenters. The lowest BCUT2D eigenvalue weighted by molar-refractivity contribution is -0.126. The van der Waals surface area contributed by atoms with Crippen molar-refractivity contribution in [2.75, 3.05) is 25.5 Å². The minimum atomic E-state index is -0.587. The third-order valence-corrected chi connectivity index (χ3v) is 4.84. The van der Waals surface area contributed by atoms with Gasteiger partial charge in [-0.2, -0.15) is 0 Å². The van der Waals surface area contributed by atoms with Gasteiger partial charge in [-0.15, -0.1) is 0 Å². The first-order valence-corrected chi connectivity index (χ1v) is 8.78. The Morgan fingerprint density at radius 3 is 3.00 bits per heavy atom. The molecule has 1 N–H and O–H groups in total. The molecule has 0 saturated carbocycles. The molecule has 0 radical (unpaired) electrons. The zero-order chi connectivity index (χ0) is 17.9. The number of amides is 1. The predicted octanol–water partition coefficient (Wildman–Crippen LogP) is 1.54. The second-order valence-corrected chi connectivity index (χ2v) is 7.03. The second-order valence-electron chi connectivity index (χ2n) is 7.03. The maximum atomic E-state index is 12.9. The van der Waals surface area contributed by atoms with Crippen LogP contribution in [0.2, 0.25) is 0 Å². The third kappa shape index (κ3) is 3.65. The Hall–Kier alpha value is -2.44. The van der Waals surface area contributed by atoms with Crippen molar-refractivity contribution in [2.45, 2.75) is 44.6 Å². The summed E-state index contributed by atoms with van der Waals surface area (Å²) in [4.78, 5) is 27.9. The quantitative estimate of drug-likeness (QED) is 0.806. The summed E-state index contributed by atoms with van der Waals surface area (Å²) in [6, 6.07) is 0. The summed E-state index contributed by atoms with van der Waals surface area (Å²) >= 11 is 0. The molecule has 1 amide bonds. The SMILES string of the molecule is CN(C)c1ncc2c(n1)C(C)(C(=O)NCCCn1ccnc1)CCC2. The van der Waals surface area contributed by atoms with Crippen molar-refractivity contribution in [3.8, 4) is 0 Å². The van der Waals surface area contributed by atoms with Crippen molar-refractivity contribution in [3.63, 3.8) is 0 Å². The minimum absolute atomic E-state index is 0.0579. The van der Waals surface area contributed by atoms with Gasteiger partial charge in [0.2, 0.25) is 11.9 Å². The lowest BCUT2D eigenvalue weighted by atomic mass is 9.74. The Kier molecular flexibility index (Phi) is 5.01. The van der Waals surface area contributed by atoms with Crippen molar-refractivity contribution < 1.29 is 4.79 Å². The number of nitrogens with one attached hydrogen (secondary N) is 1. The number of imidazole rings is 1. The second kappa shape index (κ2) is 7.21. The van der Waals surface area contributed by atoms with Crippen LogP contribution in [0.25, 0.3) is 0 Å². The number of fused-ring (bicyclic) bond motifs is 1. The molecule has 0 saturated heterocycles. The molecule has 7 heteroatoms. The van der Waals surface area contributed by atoms with Gasteiger partial charge < -0.3 is 14.8 Å². The van der Waals surface area contributed by atoms with E-state index in [0.29, 0.717) is 12.5 Å². The van der Waals surface area contributed by atoms with Gasteiger partial charge in [0.25, 0.3) is 0 Å². The number of hydrogen-bond acceptors (Lipinski definition) is 5. The summed E-state index contributed by atoms with van der Waals surface area (Å²) in [5.74, 6) is 0.710. The molecule has 0 bridgehead atoms. The van der Waals surface area contributed by atoms with Crippen LogP contribution in [0.5, 0.6) is 0 Å². The molecule has 2 aromatic heterocycles. The highest BCUT2D eigenvalue weighted by Crippen LogP contribution is 2.36. The molecule has 134 valence electrons. The molecule has 0 aromatic carbocycles. The van der Waals surface area contributed by atoms with Gasteiger partial charge in [0.05, 0.1) is 17.4 Å². The van der Waals surface area contributed by atoms with E-state index in [-0.39, 0.29) is 5.91 Å². The lowest BCUT2D eigenvalue weighted by Gasteiger charge is -2.33. The lowest BCUT2D eigenvalue weighted by Crippen LogP contribution is -2.45. The first kappa shape index (κ1) is 17.4. The number of carbonyl (C=O) groups excluding carboxylic acids is 1. The molecule has 1 aliphatic rings. The Balaban J connectivity index is 1.68. The Morgan fingerprint density at radius 2 is 2.28 bits per heavy atom. The van der Waals surface area contributed by atoms with Crippen LogP contribution >= 0.6 is 0 Å². The van der Waals surface area contributed by atoms with Crippen LogP contribution in [0.3, 0.4) is 0 Å². The van der Waals surface area contributed by atoms with Crippen LogP contribution in [0, 0.1) is 0 Å². The van der Waals surface area contributed by atoms with E-state index in [9.17, 15) is 4.79 Å². The molecule has 0 fully saturated rings. The highest BCUT2D eigenvalue weighted by molar-refractivity contribution is 5.88. The fourth-order valence-electron chi connectivity index (χ4n) is 3.32. The molecule has 2 heterocycles. The fraction of sp³-hybridized carbons (Fsp3) is 0.556. The highest BCUT2D eigenvalue weighted by Gasteiger charge is 2.40. The molecule has 25 heavy (non-hydrogen) atoms. The summed E-state index contributed by atoms with van der Waals surface area (Å²) in [6.07, 6.45) is 11.0. The number of hydrogen-bond donors (Lipinski definition) is 1. The van der Waals surface area contributed by atoms with Gasteiger partial charge >= 0.3 is 0 Å². The molecule has 0 aliphatic heterocycles. The molecule has 3 rings (SSSR count). The van der Waals surface area contributed by atoms with E-state index in [1.807, 2.05) is 42.9 Å². The van der Waals surface area contributed by atoms with Crippen LogP contribution < -0.4 is 10.2 Å². The average Bonchev–Trinajstić information content (AvgIpc) is 3.12. The summed E-state index contributed by atoms with van der Waals surface area (Å²) < 4.78 is 2.01. The fourth-order valence-corrected chi connectivity index (χ4v) is 3.32. The Labute approximate surface area is 148 Å². The molecule has 2 aromatic rings. The van der Waals surface area contributed by atoms with Crippen LogP contribution in [-0.4, -0.2) is 46.1 Å². The number of rotatable bonds is 6. The topological polar surface area (TPSA) is 75.9 Å². The van der Waals surface area contributed by atoms with Gasteiger partial charge in [-0.3, -0.25) is 4.79 Å². The maximum Gasteiger partial charge on any atom is 0.231 e. The predicted molar refractivity (Wildman–Crippen MR) is 96.5 cm³/mol. The first-order chi connectivity index (χ1) is 12.0. The van der Waals surface area contributed by atoms with E-state index in [1.54, 1.807) is 12.5 Å². The van der Waals surface area contributed by atoms with E-state index in [2.05, 4.69) is 15.3 Å². The smallest absolute Gasteiger partial charge is 0.231 e. The van der Waals surface area contributed by atoms with Gasteiger partial charge in [0.15, 0.2) is 0 Å². The van der Waals surface area contributed by atoms with Crippen LogP contribution in [0.15, 0.2) is 24.9 Å². The van der Waals surface area contributed by atoms with Crippen molar-refractivity contribution in [1.82, 2.24) is 24.8 Å². The highest BCUT2D eigenvalue weighted by atomic mass is 16.2. The molecule has 1 atom stereocenters. The summed E-state index contributed by atoms with van der Waals surface area (Å²) in [5, 5.41) is 3.10. The number of aryl methyl sites for hydroxylation is 2. The maximum absolute atomic E-state index is 12.9. The van der Waals surface area contributed by atoms with Crippen LogP contribution in [0.1, 0.15) is 37.4 Å². The first-order valence-electron chi connectivity index (χ1n) is 8.78. The van der Waals surface area contributed by atoms with Gasteiger partial charge in [-0.05, 0) is 38.2 Å². The number of aromatic nitrogens is 4. The van der Waals surface area contributed by atoms with Gasteiger partial charge in [-0.1, -0.05) is 0 Å². The molecule has 7 nitrogen and oxygen atoms in total. The Morgan fingerprint density at radius 1 is 1.44 bits per heavy atom.